The lowest BCUT2D eigenvalue weighted by Crippen LogP contribution is -2.37. The molecule has 0 bridgehead atoms. The average Bonchev–Trinajstić information content (AvgIpc) is 3.00. The smallest absolute Gasteiger partial charge is 0.332 e. The first kappa shape index (κ1) is 20.9. The van der Waals surface area contributed by atoms with Crippen molar-refractivity contribution in [2.75, 3.05) is 19.6 Å². The summed E-state index contributed by atoms with van der Waals surface area (Å²) in [4.78, 5) is 40.2. The van der Waals surface area contributed by atoms with Gasteiger partial charge in [-0.1, -0.05) is 6.92 Å². The minimum absolute atomic E-state index is 0. The molecule has 0 radical (unpaired) electrons. The number of nitrogens with one attached hydrogen (secondary N) is 2. The van der Waals surface area contributed by atoms with E-state index in [1.54, 1.807) is 11.6 Å². The van der Waals surface area contributed by atoms with Crippen LogP contribution in [0.1, 0.15) is 19.8 Å². The van der Waals surface area contributed by atoms with Crippen LogP contribution in [-0.4, -0.2) is 44.2 Å². The molecule has 0 aliphatic carbocycles. The van der Waals surface area contributed by atoms with E-state index >= 15 is 0 Å². The number of nitrogens with zero attached hydrogens (tertiary/aromatic N) is 4. The molecule has 1 amide bonds. The Balaban J connectivity index is 0.00000312. The third kappa shape index (κ3) is 4.70. The summed E-state index contributed by atoms with van der Waals surface area (Å²) in [5.41, 5.74) is -0.172. The van der Waals surface area contributed by atoms with E-state index in [1.165, 1.54) is 17.9 Å². The molecule has 0 unspecified atom stereocenters. The van der Waals surface area contributed by atoms with Gasteiger partial charge in [0, 0.05) is 40.2 Å². The lowest BCUT2D eigenvalue weighted by molar-refractivity contribution is -0.121. The van der Waals surface area contributed by atoms with Crippen LogP contribution in [0.5, 0.6) is 0 Å². The molecule has 0 aliphatic heterocycles. The van der Waals surface area contributed by atoms with Crippen LogP contribution in [0.3, 0.4) is 0 Å². The van der Waals surface area contributed by atoms with E-state index in [0.29, 0.717) is 24.3 Å². The van der Waals surface area contributed by atoms with Crippen molar-refractivity contribution in [2.45, 2.75) is 26.3 Å². The number of rotatable bonds is 8. The Morgan fingerprint density at radius 3 is 2.56 bits per heavy atom. The molecule has 2 aromatic heterocycles. The summed E-state index contributed by atoms with van der Waals surface area (Å²) < 4.78 is 3.98. The van der Waals surface area contributed by atoms with Gasteiger partial charge in [-0.2, -0.15) is 0 Å². The summed E-state index contributed by atoms with van der Waals surface area (Å²) in [5, 5.41) is 6.03. The summed E-state index contributed by atoms with van der Waals surface area (Å²) in [6, 6.07) is 0. The van der Waals surface area contributed by atoms with Crippen molar-refractivity contribution in [1.82, 2.24) is 29.3 Å². The largest absolute Gasteiger partial charge is 0.355 e. The van der Waals surface area contributed by atoms with Crippen molar-refractivity contribution >= 4 is 29.5 Å². The highest BCUT2D eigenvalue weighted by Gasteiger charge is 2.14. The number of hydrogen-bond acceptors (Lipinski definition) is 5. The van der Waals surface area contributed by atoms with Crippen LogP contribution in [0.15, 0.2) is 15.9 Å². The van der Waals surface area contributed by atoms with Gasteiger partial charge in [0.1, 0.15) is 0 Å². The van der Waals surface area contributed by atoms with E-state index in [9.17, 15) is 14.4 Å². The quantitative estimate of drug-likeness (QED) is 0.600. The Labute approximate surface area is 151 Å². The zero-order valence-corrected chi connectivity index (χ0v) is 15.6. The zero-order valence-electron chi connectivity index (χ0n) is 14.7. The maximum Gasteiger partial charge on any atom is 0.332 e. The fraction of sp³-hybridized carbons (Fsp3) is 0.600. The highest BCUT2D eigenvalue weighted by molar-refractivity contribution is 5.85. The van der Waals surface area contributed by atoms with Crippen molar-refractivity contribution in [3.8, 4) is 0 Å². The molecule has 140 valence electrons. The maximum absolute atomic E-state index is 12.3. The van der Waals surface area contributed by atoms with Gasteiger partial charge in [-0.25, -0.2) is 9.78 Å². The second-order valence-electron chi connectivity index (χ2n) is 5.67. The van der Waals surface area contributed by atoms with Crippen LogP contribution in [0.2, 0.25) is 0 Å². The second kappa shape index (κ2) is 9.38. The number of halogens is 1. The molecule has 0 saturated heterocycles. The van der Waals surface area contributed by atoms with Crippen molar-refractivity contribution in [2.24, 2.45) is 14.1 Å². The summed E-state index contributed by atoms with van der Waals surface area (Å²) >= 11 is 0. The molecular formula is C15H25ClN6O3. The molecule has 0 fully saturated rings. The number of amides is 1. The van der Waals surface area contributed by atoms with Gasteiger partial charge in [-0.15, -0.1) is 12.4 Å². The van der Waals surface area contributed by atoms with Crippen LogP contribution in [0.25, 0.3) is 11.2 Å². The Hall–Kier alpha value is -2.13. The number of fused-ring (bicyclic) bond motifs is 1. The number of carbonyl (C=O) groups is 1. The number of carbonyl (C=O) groups excluding carboxylic acids is 1. The number of hydrogen-bond donors (Lipinski definition) is 2. The van der Waals surface area contributed by atoms with Crippen molar-refractivity contribution in [3.63, 3.8) is 0 Å². The van der Waals surface area contributed by atoms with Gasteiger partial charge in [0.15, 0.2) is 11.2 Å². The third-order valence-electron chi connectivity index (χ3n) is 3.85. The first-order chi connectivity index (χ1) is 11.5. The third-order valence-corrected chi connectivity index (χ3v) is 3.85. The molecule has 0 atom stereocenters. The van der Waals surface area contributed by atoms with E-state index in [2.05, 4.69) is 22.5 Å². The van der Waals surface area contributed by atoms with Crippen molar-refractivity contribution in [3.05, 3.63) is 27.2 Å². The number of aryl methyl sites for hydroxylation is 2. The van der Waals surface area contributed by atoms with Crippen molar-refractivity contribution < 1.29 is 4.79 Å². The second-order valence-corrected chi connectivity index (χ2v) is 5.67. The predicted octanol–water partition coefficient (Wildman–Crippen LogP) is -0.639. The van der Waals surface area contributed by atoms with Gasteiger partial charge >= 0.3 is 5.69 Å². The summed E-state index contributed by atoms with van der Waals surface area (Å²) in [5.74, 6) is -0.0863. The van der Waals surface area contributed by atoms with Gasteiger partial charge in [0.25, 0.3) is 5.56 Å². The molecule has 0 spiro atoms. The molecule has 2 N–H and O–H groups in total. The number of imidazole rings is 1. The standard InChI is InChI=1S/C15H24N6O3.ClH/c1-4-6-16-7-8-17-11(22)5-9-21-10-18-13-12(21)14(23)20(3)15(24)19(13)2;/h10,16H,4-9H2,1-3H3,(H,17,22);1H. The normalized spacial score (nSPS) is 10.7. The van der Waals surface area contributed by atoms with E-state index in [1.807, 2.05) is 0 Å². The summed E-state index contributed by atoms with van der Waals surface area (Å²) in [6.07, 6.45) is 2.78. The van der Waals surface area contributed by atoms with Crippen molar-refractivity contribution in [1.29, 1.82) is 0 Å². The first-order valence-corrected chi connectivity index (χ1v) is 8.05. The molecule has 0 saturated carbocycles. The van der Waals surface area contributed by atoms with E-state index in [0.717, 1.165) is 24.1 Å². The Kier molecular flexibility index (Phi) is 7.85. The molecule has 10 heteroatoms. The van der Waals surface area contributed by atoms with Crippen LogP contribution in [-0.2, 0) is 25.4 Å². The molecule has 0 aromatic carbocycles. The Bertz CT molecular complexity index is 838. The minimum Gasteiger partial charge on any atom is -0.355 e. The average molecular weight is 373 g/mol. The fourth-order valence-corrected chi connectivity index (χ4v) is 2.47. The first-order valence-electron chi connectivity index (χ1n) is 8.05. The van der Waals surface area contributed by atoms with E-state index < -0.39 is 11.2 Å². The van der Waals surface area contributed by atoms with Gasteiger partial charge in [-0.05, 0) is 13.0 Å². The van der Waals surface area contributed by atoms with Crippen LogP contribution in [0, 0.1) is 0 Å². The van der Waals surface area contributed by atoms with E-state index in [4.69, 9.17) is 0 Å². The van der Waals surface area contributed by atoms with Gasteiger partial charge in [-0.3, -0.25) is 18.7 Å². The molecule has 2 aromatic rings. The van der Waals surface area contributed by atoms with E-state index in [-0.39, 0.29) is 24.7 Å². The zero-order chi connectivity index (χ0) is 17.7. The van der Waals surface area contributed by atoms with Crippen LogP contribution >= 0.6 is 12.4 Å². The summed E-state index contributed by atoms with van der Waals surface area (Å²) in [7, 11) is 2.99. The van der Waals surface area contributed by atoms with Gasteiger partial charge in [0.05, 0.1) is 6.33 Å². The Morgan fingerprint density at radius 2 is 1.88 bits per heavy atom. The lowest BCUT2D eigenvalue weighted by Gasteiger charge is -2.08. The molecule has 0 aliphatic rings. The molecule has 9 nitrogen and oxygen atoms in total. The monoisotopic (exact) mass is 372 g/mol. The SMILES string of the molecule is CCCNCCNC(=O)CCn1cnc2c1c(=O)n(C)c(=O)n2C.Cl. The topological polar surface area (TPSA) is 103 Å². The highest BCUT2D eigenvalue weighted by Crippen LogP contribution is 2.06. The van der Waals surface area contributed by atoms with Crippen LogP contribution < -0.4 is 21.9 Å². The number of aromatic nitrogens is 4. The van der Waals surface area contributed by atoms with Gasteiger partial charge < -0.3 is 15.2 Å². The predicted molar refractivity (Wildman–Crippen MR) is 98.3 cm³/mol. The van der Waals surface area contributed by atoms with Crippen LogP contribution in [0.4, 0.5) is 0 Å². The molecule has 25 heavy (non-hydrogen) atoms. The highest BCUT2D eigenvalue weighted by atomic mass is 35.5. The lowest BCUT2D eigenvalue weighted by atomic mass is 10.3. The van der Waals surface area contributed by atoms with Gasteiger partial charge in [0.2, 0.25) is 5.91 Å². The Morgan fingerprint density at radius 1 is 1.16 bits per heavy atom. The fourth-order valence-electron chi connectivity index (χ4n) is 2.47. The molecule has 2 heterocycles. The summed E-state index contributed by atoms with van der Waals surface area (Å²) in [6.45, 7) is 4.65. The minimum atomic E-state index is -0.421. The molecule has 2 rings (SSSR count). The maximum atomic E-state index is 12.3. The molecular weight excluding hydrogens is 348 g/mol.